The molecular formula is C53H39N3. The summed E-state index contributed by atoms with van der Waals surface area (Å²) < 4.78 is 4.92. The van der Waals surface area contributed by atoms with Gasteiger partial charge in [-0.25, -0.2) is 0 Å². The normalized spacial score (nSPS) is 13.3. The predicted molar refractivity (Wildman–Crippen MR) is 239 cm³/mol. The Labute approximate surface area is 325 Å². The van der Waals surface area contributed by atoms with Gasteiger partial charge in [0.15, 0.2) is 0 Å². The summed E-state index contributed by atoms with van der Waals surface area (Å²) in [6.45, 7) is 0. The first kappa shape index (κ1) is 32.5. The number of benzene rings is 9. The first-order valence-electron chi connectivity index (χ1n) is 19.6. The molecule has 0 aliphatic rings. The molecular weight excluding hydrogens is 679 g/mol. The molecule has 2 N–H and O–H groups in total. The van der Waals surface area contributed by atoms with Crippen molar-refractivity contribution in [2.24, 2.45) is 5.73 Å². The Bertz CT molecular complexity index is 3280. The Hall–Kier alpha value is -6.94. The molecule has 2 unspecified atom stereocenters. The van der Waals surface area contributed by atoms with E-state index in [0.29, 0.717) is 0 Å². The van der Waals surface area contributed by atoms with Crippen molar-refractivity contribution in [2.75, 3.05) is 0 Å². The van der Waals surface area contributed by atoms with E-state index in [2.05, 4.69) is 209 Å². The zero-order chi connectivity index (χ0) is 37.2. The van der Waals surface area contributed by atoms with Crippen molar-refractivity contribution in [3.63, 3.8) is 0 Å². The van der Waals surface area contributed by atoms with E-state index in [1.165, 1.54) is 81.5 Å². The van der Waals surface area contributed by atoms with Crippen LogP contribution in [0.25, 0.3) is 87.8 Å². The van der Waals surface area contributed by atoms with Crippen molar-refractivity contribution in [1.29, 1.82) is 0 Å². The molecule has 266 valence electrons. The lowest BCUT2D eigenvalue weighted by Gasteiger charge is -2.19. The zero-order valence-electron chi connectivity index (χ0n) is 30.9. The number of nitrogens with zero attached hydrogens (tertiary/aromatic N) is 2. The van der Waals surface area contributed by atoms with Crippen LogP contribution < -0.4 is 5.73 Å². The minimum Gasteiger partial charge on any atom is -0.324 e. The maximum absolute atomic E-state index is 6.93. The molecule has 3 nitrogen and oxygen atoms in total. The first-order chi connectivity index (χ1) is 27.8. The highest BCUT2D eigenvalue weighted by molar-refractivity contribution is 6.45. The fourth-order valence-electron chi connectivity index (χ4n) is 9.46. The third-order valence-corrected chi connectivity index (χ3v) is 11.9. The molecule has 2 heterocycles. The van der Waals surface area contributed by atoms with Crippen LogP contribution in [-0.2, 0) is 0 Å². The van der Waals surface area contributed by atoms with Crippen molar-refractivity contribution >= 4 is 82.1 Å². The van der Waals surface area contributed by atoms with E-state index >= 15 is 0 Å². The number of para-hydroxylation sites is 3. The third kappa shape index (κ3) is 4.95. The van der Waals surface area contributed by atoms with Crippen molar-refractivity contribution < 1.29 is 0 Å². The summed E-state index contributed by atoms with van der Waals surface area (Å²) in [7, 11) is 0. The fraction of sp³-hybridized carbons (Fsp3) is 0.0566. The maximum Gasteiger partial charge on any atom is 0.0626 e. The van der Waals surface area contributed by atoms with Gasteiger partial charge in [-0.2, -0.15) is 0 Å². The van der Waals surface area contributed by atoms with E-state index < -0.39 is 0 Å². The monoisotopic (exact) mass is 717 g/mol. The molecule has 2 atom stereocenters. The van der Waals surface area contributed by atoms with Crippen LogP contribution in [0, 0.1) is 0 Å². The Morgan fingerprint density at radius 1 is 0.411 bits per heavy atom. The van der Waals surface area contributed by atoms with Gasteiger partial charge in [-0.3, -0.25) is 0 Å². The van der Waals surface area contributed by atoms with Gasteiger partial charge < -0.3 is 14.9 Å². The van der Waals surface area contributed by atoms with Gasteiger partial charge in [0.05, 0.1) is 22.1 Å². The quantitative estimate of drug-likeness (QED) is 0.164. The van der Waals surface area contributed by atoms with E-state index in [-0.39, 0.29) is 12.0 Å². The van der Waals surface area contributed by atoms with E-state index in [1.807, 2.05) is 0 Å². The molecule has 0 radical (unpaired) electrons. The van der Waals surface area contributed by atoms with Crippen molar-refractivity contribution in [3.8, 4) is 5.69 Å². The molecule has 11 aromatic rings. The van der Waals surface area contributed by atoms with Gasteiger partial charge in [0.1, 0.15) is 0 Å². The van der Waals surface area contributed by atoms with Crippen molar-refractivity contribution in [2.45, 2.75) is 18.4 Å². The van der Waals surface area contributed by atoms with Gasteiger partial charge in [0, 0.05) is 66.9 Å². The van der Waals surface area contributed by atoms with Gasteiger partial charge in [-0.15, -0.1) is 0 Å². The summed E-state index contributed by atoms with van der Waals surface area (Å²) in [6, 6.07) is 67.9. The maximum atomic E-state index is 6.93. The van der Waals surface area contributed by atoms with E-state index in [1.54, 1.807) is 0 Å². The standard InChI is InChI=1S/C53H39N3/c54-45(36-20-6-2-7-21-36)34-37(35-18-4-1-5-19-35)32-33-55-46-30-16-14-28-43(46)50-48-40-25-11-13-27-42(40)53-51(49(48)39-24-10-12-26-41(39)52(50)55)44-29-15-17-31-47(44)56(53)38-22-8-3-9-23-38/h1-33,37,45H,34,54H2/b33-32+. The lowest BCUT2D eigenvalue weighted by atomic mass is 9.89. The van der Waals surface area contributed by atoms with Gasteiger partial charge in [-0.1, -0.05) is 170 Å². The molecule has 0 spiro atoms. The number of allylic oxidation sites excluding steroid dienone is 1. The number of hydrogen-bond donors (Lipinski definition) is 1. The lowest BCUT2D eigenvalue weighted by Crippen LogP contribution is -2.14. The molecule has 0 fully saturated rings. The summed E-state index contributed by atoms with van der Waals surface area (Å²) in [5.41, 5.74) is 15.4. The van der Waals surface area contributed by atoms with Crippen molar-refractivity contribution in [1.82, 2.24) is 9.13 Å². The molecule has 3 heteroatoms. The van der Waals surface area contributed by atoms with E-state index in [4.69, 9.17) is 5.73 Å². The van der Waals surface area contributed by atoms with E-state index in [9.17, 15) is 0 Å². The van der Waals surface area contributed by atoms with Gasteiger partial charge >= 0.3 is 0 Å². The minimum atomic E-state index is -0.0965. The second-order valence-corrected chi connectivity index (χ2v) is 15.0. The van der Waals surface area contributed by atoms with Crippen LogP contribution in [0.1, 0.15) is 29.5 Å². The zero-order valence-corrected chi connectivity index (χ0v) is 30.9. The average Bonchev–Trinajstić information content (AvgIpc) is 3.79. The Morgan fingerprint density at radius 3 is 1.48 bits per heavy atom. The highest BCUT2D eigenvalue weighted by Crippen LogP contribution is 2.50. The SMILES string of the molecule is NC(CC(/C=C/n1c2ccccc2c2c3c4ccccc4c4c(c5ccccc5n4-c4ccccc4)c3c3ccccc3c21)c1ccccc1)c1ccccc1. The second kappa shape index (κ2) is 13.1. The number of hydrogen-bond acceptors (Lipinski definition) is 1. The first-order valence-corrected chi connectivity index (χ1v) is 19.6. The van der Waals surface area contributed by atoms with Crippen LogP contribution in [0.4, 0.5) is 0 Å². The Balaban J connectivity index is 1.27. The van der Waals surface area contributed by atoms with Gasteiger partial charge in [0.2, 0.25) is 0 Å². The lowest BCUT2D eigenvalue weighted by molar-refractivity contribution is 0.607. The molecule has 0 bridgehead atoms. The molecule has 0 aliphatic heterocycles. The fourth-order valence-corrected chi connectivity index (χ4v) is 9.46. The number of nitrogens with two attached hydrogens (primary N) is 1. The summed E-state index contributed by atoms with van der Waals surface area (Å²) in [4.78, 5) is 0. The van der Waals surface area contributed by atoms with Crippen LogP contribution in [0.2, 0.25) is 0 Å². The van der Waals surface area contributed by atoms with Crippen LogP contribution in [0.15, 0.2) is 194 Å². The second-order valence-electron chi connectivity index (χ2n) is 15.0. The molecule has 0 saturated carbocycles. The molecule has 11 rings (SSSR count). The summed E-state index contributed by atoms with van der Waals surface area (Å²) in [6.07, 6.45) is 5.48. The largest absolute Gasteiger partial charge is 0.324 e. The molecule has 0 aliphatic carbocycles. The molecule has 56 heavy (non-hydrogen) atoms. The molecule has 9 aromatic carbocycles. The molecule has 0 saturated heterocycles. The Morgan fingerprint density at radius 2 is 0.857 bits per heavy atom. The van der Waals surface area contributed by atoms with Gasteiger partial charge in [0.25, 0.3) is 0 Å². The minimum absolute atomic E-state index is 0.0965. The van der Waals surface area contributed by atoms with Crippen LogP contribution in [0.3, 0.4) is 0 Å². The van der Waals surface area contributed by atoms with Crippen LogP contribution in [0.5, 0.6) is 0 Å². The van der Waals surface area contributed by atoms with Crippen LogP contribution >= 0.6 is 0 Å². The summed E-state index contributed by atoms with van der Waals surface area (Å²) >= 11 is 0. The van der Waals surface area contributed by atoms with Crippen molar-refractivity contribution in [3.05, 3.63) is 205 Å². The highest BCUT2D eigenvalue weighted by atomic mass is 15.0. The van der Waals surface area contributed by atoms with E-state index in [0.717, 1.165) is 17.7 Å². The average molecular weight is 718 g/mol. The third-order valence-electron chi connectivity index (χ3n) is 11.9. The van der Waals surface area contributed by atoms with Crippen LogP contribution in [-0.4, -0.2) is 9.13 Å². The smallest absolute Gasteiger partial charge is 0.0626 e. The highest BCUT2D eigenvalue weighted by Gasteiger charge is 2.25. The van der Waals surface area contributed by atoms with Gasteiger partial charge in [-0.05, 0) is 52.6 Å². The summed E-state index contributed by atoms with van der Waals surface area (Å²) in [5, 5.41) is 12.7. The number of fused-ring (bicyclic) bond motifs is 15. The Kier molecular flexibility index (Phi) is 7.61. The molecule has 0 amide bonds. The topological polar surface area (TPSA) is 35.9 Å². The number of aromatic nitrogens is 2. The summed E-state index contributed by atoms with van der Waals surface area (Å²) in [5.74, 6) is 0.110. The number of rotatable bonds is 7. The molecule has 2 aromatic heterocycles. The predicted octanol–water partition coefficient (Wildman–Crippen LogP) is 13.7.